The van der Waals surface area contributed by atoms with E-state index in [1.165, 1.54) is 24.0 Å². The molecule has 0 radical (unpaired) electrons. The van der Waals surface area contributed by atoms with Crippen LogP contribution in [0.5, 0.6) is 5.75 Å². The highest BCUT2D eigenvalue weighted by molar-refractivity contribution is 14.0. The Hall–Kier alpha value is -1.80. The van der Waals surface area contributed by atoms with E-state index in [0.717, 1.165) is 29.8 Å². The zero-order chi connectivity index (χ0) is 18.2. The molecule has 0 saturated heterocycles. The van der Waals surface area contributed by atoms with Gasteiger partial charge in [-0.1, -0.05) is 24.3 Å². The van der Waals surface area contributed by atoms with Crippen molar-refractivity contribution >= 4 is 35.6 Å². The number of hydrogen-bond acceptors (Lipinski definition) is 3. The molecule has 1 aliphatic rings. The van der Waals surface area contributed by atoms with Crippen LogP contribution in [0.4, 0.5) is 5.69 Å². The van der Waals surface area contributed by atoms with Gasteiger partial charge in [-0.3, -0.25) is 0 Å². The highest BCUT2D eigenvalue weighted by Gasteiger charge is 2.13. The van der Waals surface area contributed by atoms with Gasteiger partial charge >= 0.3 is 0 Å². The molecular weight excluding hydrogens is 453 g/mol. The number of nitrogens with zero attached hydrogens (tertiary/aromatic N) is 1. The molecule has 0 heterocycles. The van der Waals surface area contributed by atoms with E-state index in [4.69, 9.17) is 15.2 Å². The second-order valence-corrected chi connectivity index (χ2v) is 6.47. The molecular formula is C21H28IN3O2. The molecule has 0 saturated carbocycles. The number of benzene rings is 2. The van der Waals surface area contributed by atoms with Crippen LogP contribution in [-0.4, -0.2) is 26.3 Å². The molecule has 0 fully saturated rings. The van der Waals surface area contributed by atoms with Crippen molar-refractivity contribution in [2.75, 3.05) is 25.6 Å². The summed E-state index contributed by atoms with van der Waals surface area (Å²) in [6, 6.07) is 14.3. The highest BCUT2D eigenvalue weighted by atomic mass is 127. The molecule has 0 aliphatic heterocycles. The number of rotatable bonds is 7. The van der Waals surface area contributed by atoms with E-state index in [1.54, 1.807) is 7.11 Å². The van der Waals surface area contributed by atoms with Crippen LogP contribution < -0.4 is 15.8 Å². The third-order valence-electron chi connectivity index (χ3n) is 4.55. The Balaban J connectivity index is 0.00000261. The first-order valence-electron chi connectivity index (χ1n) is 9.14. The van der Waals surface area contributed by atoms with Gasteiger partial charge in [0.25, 0.3) is 0 Å². The van der Waals surface area contributed by atoms with E-state index in [1.807, 2.05) is 24.3 Å². The van der Waals surface area contributed by atoms with Crippen molar-refractivity contribution in [3.8, 4) is 5.75 Å². The summed E-state index contributed by atoms with van der Waals surface area (Å²) in [5.74, 6) is 1.26. The molecule has 0 amide bonds. The average molecular weight is 481 g/mol. The van der Waals surface area contributed by atoms with Crippen molar-refractivity contribution in [3.63, 3.8) is 0 Å². The molecule has 2 aromatic carbocycles. The van der Waals surface area contributed by atoms with Crippen molar-refractivity contribution in [2.24, 2.45) is 10.7 Å². The van der Waals surface area contributed by atoms with Gasteiger partial charge < -0.3 is 20.5 Å². The van der Waals surface area contributed by atoms with Gasteiger partial charge in [-0.2, -0.15) is 0 Å². The van der Waals surface area contributed by atoms with E-state index in [9.17, 15) is 0 Å². The molecule has 0 unspecified atom stereocenters. The minimum atomic E-state index is 0. The van der Waals surface area contributed by atoms with Crippen LogP contribution in [0.3, 0.4) is 0 Å². The molecule has 3 rings (SSSR count). The summed E-state index contributed by atoms with van der Waals surface area (Å²) < 4.78 is 10.6. The van der Waals surface area contributed by atoms with Crippen molar-refractivity contribution in [1.82, 2.24) is 0 Å². The number of aliphatic imine (C=N–C) groups is 1. The normalized spacial score (nSPS) is 13.4. The fraction of sp³-hybridized carbons (Fsp3) is 0.381. The smallest absolute Gasteiger partial charge is 0.193 e. The second kappa shape index (κ2) is 11.1. The van der Waals surface area contributed by atoms with Crippen LogP contribution in [0.2, 0.25) is 0 Å². The lowest BCUT2D eigenvalue weighted by atomic mass is 9.90. The Labute approximate surface area is 178 Å². The van der Waals surface area contributed by atoms with Crippen LogP contribution in [0, 0.1) is 0 Å². The van der Waals surface area contributed by atoms with Gasteiger partial charge in [0.15, 0.2) is 5.96 Å². The zero-order valence-electron chi connectivity index (χ0n) is 15.7. The lowest BCUT2D eigenvalue weighted by Gasteiger charge is -2.19. The van der Waals surface area contributed by atoms with Gasteiger partial charge in [-0.05, 0) is 60.6 Å². The van der Waals surface area contributed by atoms with Crippen LogP contribution in [-0.2, 0) is 24.1 Å². The lowest BCUT2D eigenvalue weighted by Crippen LogP contribution is -2.24. The number of guanidine groups is 1. The number of aryl methyl sites for hydroxylation is 1. The first-order valence-corrected chi connectivity index (χ1v) is 9.14. The van der Waals surface area contributed by atoms with Gasteiger partial charge in [-0.25, -0.2) is 4.99 Å². The van der Waals surface area contributed by atoms with E-state index >= 15 is 0 Å². The minimum Gasteiger partial charge on any atom is -0.491 e. The SMILES string of the molecule is COCCOc1cccc(CN=C(N)Nc2cccc3c2CCCC3)c1.I. The predicted octanol–water partition coefficient (Wildman–Crippen LogP) is 4.14. The van der Waals surface area contributed by atoms with Crippen LogP contribution >= 0.6 is 24.0 Å². The van der Waals surface area contributed by atoms with Gasteiger partial charge in [-0.15, -0.1) is 24.0 Å². The summed E-state index contributed by atoms with van der Waals surface area (Å²) in [6.07, 6.45) is 4.76. The molecule has 0 bridgehead atoms. The number of fused-ring (bicyclic) bond motifs is 1. The number of ether oxygens (including phenoxy) is 2. The number of halogens is 1. The average Bonchev–Trinajstić information content (AvgIpc) is 2.67. The van der Waals surface area contributed by atoms with E-state index in [0.29, 0.717) is 25.7 Å². The second-order valence-electron chi connectivity index (χ2n) is 6.47. The number of methoxy groups -OCH3 is 1. The molecule has 5 nitrogen and oxygen atoms in total. The largest absolute Gasteiger partial charge is 0.491 e. The molecule has 1 aliphatic carbocycles. The Kier molecular flexibility index (Phi) is 8.87. The number of hydrogen-bond donors (Lipinski definition) is 2. The first kappa shape index (κ1) is 21.5. The quantitative estimate of drug-likeness (QED) is 0.270. The fourth-order valence-corrected chi connectivity index (χ4v) is 3.23. The van der Waals surface area contributed by atoms with Crippen molar-refractivity contribution in [2.45, 2.75) is 32.2 Å². The summed E-state index contributed by atoms with van der Waals surface area (Å²) in [5.41, 5.74) is 11.1. The standard InChI is InChI=1S/C21H27N3O2.HI/c1-25-12-13-26-18-9-4-6-16(14-18)15-23-21(22)24-20-11-5-8-17-7-2-3-10-19(17)20;/h4-6,8-9,11,14H,2-3,7,10,12-13,15H2,1H3,(H3,22,23,24);1H. The molecule has 3 N–H and O–H groups in total. The Bertz CT molecular complexity index is 765. The van der Waals surface area contributed by atoms with Crippen LogP contribution in [0.1, 0.15) is 29.5 Å². The summed E-state index contributed by atoms with van der Waals surface area (Å²) in [4.78, 5) is 4.48. The van der Waals surface area contributed by atoms with E-state index in [-0.39, 0.29) is 24.0 Å². The van der Waals surface area contributed by atoms with Crippen molar-refractivity contribution in [3.05, 3.63) is 59.2 Å². The maximum Gasteiger partial charge on any atom is 0.193 e. The predicted molar refractivity (Wildman–Crippen MR) is 121 cm³/mol. The molecule has 2 aromatic rings. The van der Waals surface area contributed by atoms with Crippen LogP contribution in [0.25, 0.3) is 0 Å². The summed E-state index contributed by atoms with van der Waals surface area (Å²) >= 11 is 0. The maximum atomic E-state index is 6.11. The van der Waals surface area contributed by atoms with Gasteiger partial charge in [0, 0.05) is 12.8 Å². The van der Waals surface area contributed by atoms with Crippen molar-refractivity contribution in [1.29, 1.82) is 0 Å². The minimum absolute atomic E-state index is 0. The van der Waals surface area contributed by atoms with Crippen molar-refractivity contribution < 1.29 is 9.47 Å². The maximum absolute atomic E-state index is 6.11. The molecule has 0 atom stereocenters. The molecule has 27 heavy (non-hydrogen) atoms. The first-order chi connectivity index (χ1) is 12.8. The number of nitrogens with two attached hydrogens (primary N) is 1. The van der Waals surface area contributed by atoms with Crippen LogP contribution in [0.15, 0.2) is 47.5 Å². The molecule has 146 valence electrons. The Morgan fingerprint density at radius 3 is 2.78 bits per heavy atom. The zero-order valence-corrected chi connectivity index (χ0v) is 18.1. The summed E-state index contributed by atoms with van der Waals surface area (Å²) in [5, 5.41) is 3.28. The monoisotopic (exact) mass is 481 g/mol. The number of nitrogens with one attached hydrogen (secondary N) is 1. The number of anilines is 1. The Morgan fingerprint density at radius 2 is 1.93 bits per heavy atom. The lowest BCUT2D eigenvalue weighted by molar-refractivity contribution is 0.146. The topological polar surface area (TPSA) is 68.9 Å². The molecule has 6 heteroatoms. The van der Waals surface area contributed by atoms with Gasteiger partial charge in [0.2, 0.25) is 0 Å². The fourth-order valence-electron chi connectivity index (χ4n) is 3.23. The highest BCUT2D eigenvalue weighted by Crippen LogP contribution is 2.27. The molecule has 0 spiro atoms. The molecule has 0 aromatic heterocycles. The third-order valence-corrected chi connectivity index (χ3v) is 4.55. The summed E-state index contributed by atoms with van der Waals surface area (Å²) in [6.45, 7) is 1.61. The Morgan fingerprint density at radius 1 is 1.11 bits per heavy atom. The summed E-state index contributed by atoms with van der Waals surface area (Å²) in [7, 11) is 1.66. The van der Waals surface area contributed by atoms with Gasteiger partial charge in [0.1, 0.15) is 12.4 Å². The van der Waals surface area contributed by atoms with Gasteiger partial charge in [0.05, 0.1) is 13.2 Å². The van der Waals surface area contributed by atoms with E-state index < -0.39 is 0 Å². The van der Waals surface area contributed by atoms with E-state index in [2.05, 4.69) is 28.5 Å². The third kappa shape index (κ3) is 6.39.